The van der Waals surface area contributed by atoms with Crippen molar-refractivity contribution in [2.45, 2.75) is 40.2 Å². The van der Waals surface area contributed by atoms with Crippen LogP contribution in [0.1, 0.15) is 42.1 Å². The van der Waals surface area contributed by atoms with E-state index in [1.54, 1.807) is 0 Å². The minimum absolute atomic E-state index is 0.326. The minimum atomic E-state index is 0.326. The fourth-order valence-electron chi connectivity index (χ4n) is 2.51. The molecule has 0 aliphatic carbocycles. The topological polar surface area (TPSA) is 12.0 Å². The van der Waals surface area contributed by atoms with Crippen molar-refractivity contribution in [2.75, 3.05) is 5.32 Å². The Kier molecular flexibility index (Phi) is 4.26. The average molecular weight is 253 g/mol. The van der Waals surface area contributed by atoms with E-state index in [9.17, 15) is 0 Å². The van der Waals surface area contributed by atoms with Crippen molar-refractivity contribution in [3.8, 4) is 0 Å². The van der Waals surface area contributed by atoms with E-state index in [1.807, 2.05) is 0 Å². The van der Waals surface area contributed by atoms with Crippen molar-refractivity contribution in [3.05, 3.63) is 64.7 Å². The van der Waals surface area contributed by atoms with Crippen molar-refractivity contribution in [3.63, 3.8) is 0 Å². The first kappa shape index (κ1) is 13.7. The molecule has 0 radical (unpaired) electrons. The van der Waals surface area contributed by atoms with Gasteiger partial charge in [-0.3, -0.25) is 0 Å². The highest BCUT2D eigenvalue weighted by Gasteiger charge is 2.10. The Hall–Kier alpha value is -1.76. The Morgan fingerprint density at radius 3 is 2.53 bits per heavy atom. The molecule has 2 rings (SSSR count). The van der Waals surface area contributed by atoms with Crippen molar-refractivity contribution >= 4 is 5.69 Å². The Bertz CT molecular complexity index is 557. The maximum Gasteiger partial charge on any atom is 0.0488 e. The summed E-state index contributed by atoms with van der Waals surface area (Å²) in [5.74, 6) is 0. The van der Waals surface area contributed by atoms with E-state index in [1.165, 1.54) is 27.9 Å². The van der Waals surface area contributed by atoms with Gasteiger partial charge in [0.15, 0.2) is 0 Å². The molecule has 0 bridgehead atoms. The molecule has 0 fully saturated rings. The van der Waals surface area contributed by atoms with Gasteiger partial charge in [-0.2, -0.15) is 0 Å². The quantitative estimate of drug-likeness (QED) is 0.805. The van der Waals surface area contributed by atoms with Crippen molar-refractivity contribution in [2.24, 2.45) is 0 Å². The lowest BCUT2D eigenvalue weighted by Crippen LogP contribution is -2.10. The van der Waals surface area contributed by atoms with Crippen molar-refractivity contribution in [1.29, 1.82) is 0 Å². The van der Waals surface area contributed by atoms with Crippen LogP contribution in [-0.2, 0) is 6.42 Å². The summed E-state index contributed by atoms with van der Waals surface area (Å²) >= 11 is 0. The molecule has 1 heteroatoms. The highest BCUT2D eigenvalue weighted by Crippen LogP contribution is 2.25. The Labute approximate surface area is 116 Å². The van der Waals surface area contributed by atoms with Crippen LogP contribution in [0, 0.1) is 13.8 Å². The molecular weight excluding hydrogens is 230 g/mol. The molecule has 0 saturated carbocycles. The minimum Gasteiger partial charge on any atom is -0.378 e. The molecule has 1 unspecified atom stereocenters. The first-order valence-corrected chi connectivity index (χ1v) is 7.03. The van der Waals surface area contributed by atoms with Gasteiger partial charge in [0.25, 0.3) is 0 Å². The second-order valence-electron chi connectivity index (χ2n) is 5.24. The Balaban J connectivity index is 2.25. The van der Waals surface area contributed by atoms with Crippen LogP contribution < -0.4 is 5.32 Å². The Morgan fingerprint density at radius 1 is 1.05 bits per heavy atom. The lowest BCUT2D eigenvalue weighted by atomic mass is 9.99. The van der Waals surface area contributed by atoms with Gasteiger partial charge in [-0.15, -0.1) is 0 Å². The van der Waals surface area contributed by atoms with E-state index in [2.05, 4.69) is 75.5 Å². The van der Waals surface area contributed by atoms with Crippen LogP contribution in [-0.4, -0.2) is 0 Å². The number of benzene rings is 2. The summed E-state index contributed by atoms with van der Waals surface area (Å²) in [6.07, 6.45) is 1.06. The number of hydrogen-bond acceptors (Lipinski definition) is 1. The molecule has 0 amide bonds. The number of para-hydroxylation sites is 1. The van der Waals surface area contributed by atoms with Crippen LogP contribution in [0.25, 0.3) is 0 Å². The van der Waals surface area contributed by atoms with Crippen LogP contribution in [0.5, 0.6) is 0 Å². The molecule has 0 aliphatic rings. The van der Waals surface area contributed by atoms with E-state index >= 15 is 0 Å². The molecule has 1 nitrogen and oxygen atoms in total. The molecule has 0 aliphatic heterocycles. The summed E-state index contributed by atoms with van der Waals surface area (Å²) in [7, 11) is 0. The number of aryl methyl sites for hydroxylation is 3. The van der Waals surface area contributed by atoms with E-state index in [0.717, 1.165) is 6.42 Å². The molecule has 0 saturated heterocycles. The SMILES string of the molecule is CCc1ccccc1NC(C)c1cc(C)ccc1C. The van der Waals surface area contributed by atoms with E-state index in [0.29, 0.717) is 6.04 Å². The van der Waals surface area contributed by atoms with Gasteiger partial charge in [0, 0.05) is 11.7 Å². The van der Waals surface area contributed by atoms with Gasteiger partial charge in [0.05, 0.1) is 0 Å². The largest absolute Gasteiger partial charge is 0.378 e. The van der Waals surface area contributed by atoms with Gasteiger partial charge in [-0.1, -0.05) is 48.9 Å². The third kappa shape index (κ3) is 3.17. The van der Waals surface area contributed by atoms with Crippen LogP contribution in [0.2, 0.25) is 0 Å². The van der Waals surface area contributed by atoms with Crippen molar-refractivity contribution < 1.29 is 0 Å². The predicted octanol–water partition coefficient (Wildman–Crippen LogP) is 5.04. The van der Waals surface area contributed by atoms with Crippen LogP contribution in [0.3, 0.4) is 0 Å². The standard InChI is InChI=1S/C18H23N/c1-5-16-8-6-7-9-18(16)19-15(4)17-12-13(2)10-11-14(17)3/h6-12,15,19H,5H2,1-4H3. The molecule has 1 N–H and O–H groups in total. The monoisotopic (exact) mass is 253 g/mol. The second kappa shape index (κ2) is 5.92. The highest BCUT2D eigenvalue weighted by molar-refractivity contribution is 5.53. The smallest absolute Gasteiger partial charge is 0.0488 e. The molecule has 100 valence electrons. The summed E-state index contributed by atoms with van der Waals surface area (Å²) in [4.78, 5) is 0. The summed E-state index contributed by atoms with van der Waals surface area (Å²) < 4.78 is 0. The molecule has 0 aromatic heterocycles. The summed E-state index contributed by atoms with van der Waals surface area (Å²) in [6, 6.07) is 15.5. The van der Waals surface area contributed by atoms with Gasteiger partial charge >= 0.3 is 0 Å². The third-order valence-corrected chi connectivity index (χ3v) is 3.67. The summed E-state index contributed by atoms with van der Waals surface area (Å²) in [6.45, 7) is 8.76. The molecular formula is C18H23N. The lowest BCUT2D eigenvalue weighted by Gasteiger charge is -2.20. The normalized spacial score (nSPS) is 12.2. The van der Waals surface area contributed by atoms with Crippen LogP contribution in [0.15, 0.2) is 42.5 Å². The maximum absolute atomic E-state index is 3.65. The number of anilines is 1. The van der Waals surface area contributed by atoms with Gasteiger partial charge in [-0.05, 0) is 49.9 Å². The molecule has 2 aromatic carbocycles. The van der Waals surface area contributed by atoms with Crippen LogP contribution >= 0.6 is 0 Å². The predicted molar refractivity (Wildman–Crippen MR) is 83.8 cm³/mol. The highest BCUT2D eigenvalue weighted by atomic mass is 14.9. The van der Waals surface area contributed by atoms with E-state index in [-0.39, 0.29) is 0 Å². The second-order valence-corrected chi connectivity index (χ2v) is 5.24. The first-order chi connectivity index (χ1) is 9.11. The lowest BCUT2D eigenvalue weighted by molar-refractivity contribution is 0.867. The fraction of sp³-hybridized carbons (Fsp3) is 0.333. The molecule has 2 aromatic rings. The van der Waals surface area contributed by atoms with Crippen LogP contribution in [0.4, 0.5) is 5.69 Å². The van der Waals surface area contributed by atoms with Gasteiger partial charge in [0.1, 0.15) is 0 Å². The van der Waals surface area contributed by atoms with Crippen molar-refractivity contribution in [1.82, 2.24) is 0 Å². The number of rotatable bonds is 4. The third-order valence-electron chi connectivity index (χ3n) is 3.67. The van der Waals surface area contributed by atoms with E-state index in [4.69, 9.17) is 0 Å². The number of nitrogens with one attached hydrogen (secondary N) is 1. The van der Waals surface area contributed by atoms with Gasteiger partial charge in [0.2, 0.25) is 0 Å². The molecule has 19 heavy (non-hydrogen) atoms. The molecule has 0 heterocycles. The summed E-state index contributed by atoms with van der Waals surface area (Å²) in [5, 5.41) is 3.65. The maximum atomic E-state index is 3.65. The number of hydrogen-bond donors (Lipinski definition) is 1. The molecule has 1 atom stereocenters. The first-order valence-electron chi connectivity index (χ1n) is 7.03. The zero-order chi connectivity index (χ0) is 13.8. The fourth-order valence-corrected chi connectivity index (χ4v) is 2.51. The zero-order valence-corrected chi connectivity index (χ0v) is 12.3. The zero-order valence-electron chi connectivity index (χ0n) is 12.3. The average Bonchev–Trinajstić information content (AvgIpc) is 2.42. The Morgan fingerprint density at radius 2 is 1.79 bits per heavy atom. The van der Waals surface area contributed by atoms with Gasteiger partial charge in [-0.25, -0.2) is 0 Å². The van der Waals surface area contributed by atoms with Gasteiger partial charge < -0.3 is 5.32 Å². The summed E-state index contributed by atoms with van der Waals surface area (Å²) in [5.41, 5.74) is 6.67. The molecule has 0 spiro atoms. The van der Waals surface area contributed by atoms with E-state index < -0.39 is 0 Å².